The van der Waals surface area contributed by atoms with Crippen LogP contribution in [-0.2, 0) is 9.53 Å². The van der Waals surface area contributed by atoms with Gasteiger partial charge in [0.25, 0.3) is 0 Å². The number of allylic oxidation sites excluding steroid dienone is 2. The van der Waals surface area contributed by atoms with Crippen LogP contribution in [0.2, 0.25) is 5.02 Å². The fraction of sp³-hybridized carbons (Fsp3) is 0.556. The molecule has 4 aliphatic rings. The number of carbonyl (C=O) groups excluding carboxylic acids is 1. The number of halogens is 1. The van der Waals surface area contributed by atoms with Gasteiger partial charge in [0.1, 0.15) is 23.9 Å². The van der Waals surface area contributed by atoms with E-state index < -0.39 is 5.97 Å². The number of likely N-dealkylation sites (tertiary alicyclic amines) is 1. The molecule has 0 amide bonds. The van der Waals surface area contributed by atoms with Gasteiger partial charge < -0.3 is 24.8 Å². The Morgan fingerprint density at radius 2 is 2.09 bits per heavy atom. The highest BCUT2D eigenvalue weighted by Gasteiger charge is 2.46. The summed E-state index contributed by atoms with van der Waals surface area (Å²) in [7, 11) is 1.81. The Balaban J connectivity index is 1.19. The van der Waals surface area contributed by atoms with Crippen molar-refractivity contribution >= 4 is 46.4 Å². The zero-order valence-corrected chi connectivity index (χ0v) is 29.7. The summed E-state index contributed by atoms with van der Waals surface area (Å²) in [6, 6.07) is 5.68. The first-order valence-corrected chi connectivity index (χ1v) is 17.7. The molecule has 1 fully saturated rings. The highest BCUT2D eigenvalue weighted by atomic mass is 35.5. The van der Waals surface area contributed by atoms with Gasteiger partial charge >= 0.3 is 5.97 Å². The predicted molar refractivity (Wildman–Crippen MR) is 187 cm³/mol. The van der Waals surface area contributed by atoms with E-state index in [-0.39, 0.29) is 34.6 Å². The lowest BCUT2D eigenvalue weighted by Crippen LogP contribution is -2.58. The summed E-state index contributed by atoms with van der Waals surface area (Å²) in [5, 5.41) is 15.4. The highest BCUT2D eigenvalue weighted by Crippen LogP contribution is 2.48. The van der Waals surface area contributed by atoms with Crippen molar-refractivity contribution in [3.05, 3.63) is 61.6 Å². The number of carboxylic acid groups (broad SMARTS) is 1. The van der Waals surface area contributed by atoms with Crippen molar-refractivity contribution in [1.29, 1.82) is 0 Å². The molecule has 252 valence electrons. The molecule has 9 nitrogen and oxygen atoms in total. The Labute approximate surface area is 286 Å². The molecule has 2 aromatic rings. The molecule has 0 spiro atoms. The van der Waals surface area contributed by atoms with Gasteiger partial charge in [0.05, 0.1) is 23.9 Å². The Morgan fingerprint density at radius 3 is 2.79 bits per heavy atom. The SMILES string of the molecule is CO[C@H]1CCN([C@]2(C)CCC3=C(C2)C(=C=O)N(CCOc2ccc(Cl)cc2C2CC(C)Nc4c(C(=O)O)csc42)C(C)=N3)CC1(C)C. The second-order valence-electron chi connectivity index (χ2n) is 14.3. The molecule has 1 aromatic carbocycles. The zero-order valence-electron chi connectivity index (χ0n) is 28.1. The largest absolute Gasteiger partial charge is 0.491 e. The van der Waals surface area contributed by atoms with Crippen molar-refractivity contribution < 1.29 is 24.2 Å². The van der Waals surface area contributed by atoms with E-state index in [0.717, 1.165) is 72.7 Å². The van der Waals surface area contributed by atoms with E-state index >= 15 is 0 Å². The average molecular weight is 681 g/mol. The molecular weight excluding hydrogens is 636 g/mol. The Hall–Kier alpha value is -3.14. The van der Waals surface area contributed by atoms with Crippen LogP contribution in [0.4, 0.5) is 5.69 Å². The molecule has 0 bridgehead atoms. The van der Waals surface area contributed by atoms with Gasteiger partial charge in [-0.15, -0.1) is 11.3 Å². The van der Waals surface area contributed by atoms with Crippen molar-refractivity contribution in [1.82, 2.24) is 9.80 Å². The number of hydrogen-bond donors (Lipinski definition) is 2. The number of benzene rings is 1. The molecule has 4 atom stereocenters. The maximum Gasteiger partial charge on any atom is 0.338 e. The first kappa shape index (κ1) is 33.7. The van der Waals surface area contributed by atoms with Gasteiger partial charge in [-0.2, -0.15) is 0 Å². The van der Waals surface area contributed by atoms with Crippen LogP contribution in [0.15, 0.2) is 45.5 Å². The van der Waals surface area contributed by atoms with Crippen molar-refractivity contribution in [2.45, 2.75) is 90.3 Å². The number of thiophene rings is 1. The Morgan fingerprint density at radius 1 is 1.30 bits per heavy atom. The van der Waals surface area contributed by atoms with Gasteiger partial charge in [-0.1, -0.05) is 25.4 Å². The number of amidine groups is 1. The summed E-state index contributed by atoms with van der Waals surface area (Å²) in [6.45, 7) is 13.5. The second kappa shape index (κ2) is 13.1. The maximum absolute atomic E-state index is 12.6. The molecule has 4 heterocycles. The number of methoxy groups -OCH3 is 1. The molecule has 1 aliphatic carbocycles. The third-order valence-electron chi connectivity index (χ3n) is 10.6. The van der Waals surface area contributed by atoms with E-state index in [4.69, 9.17) is 26.1 Å². The second-order valence-corrected chi connectivity index (χ2v) is 15.7. The zero-order chi connectivity index (χ0) is 33.7. The molecule has 2 N–H and O–H groups in total. The van der Waals surface area contributed by atoms with Crippen molar-refractivity contribution in [3.63, 3.8) is 0 Å². The van der Waals surface area contributed by atoms with E-state index in [1.807, 2.05) is 30.0 Å². The number of rotatable bonds is 8. The number of ether oxygens (including phenoxy) is 2. The first-order valence-electron chi connectivity index (χ1n) is 16.5. The van der Waals surface area contributed by atoms with E-state index in [2.05, 4.69) is 43.9 Å². The van der Waals surface area contributed by atoms with Crippen LogP contribution in [-0.4, -0.2) is 83.7 Å². The van der Waals surface area contributed by atoms with Crippen LogP contribution >= 0.6 is 22.9 Å². The standard InChI is InChI=1S/C36H45ClN4O5S/c1-21-15-25(33-32(38-21)27(19-47-33)34(43)44)24-16-23(37)7-8-30(24)46-14-13-41-22(2)39-28-9-11-36(5,17-26(28)29(41)18-42)40-12-10-31(45-6)35(3,4)20-40/h7-8,16,19,21,25,31,38H,9-15,17,20H2,1-6H3,(H,43,44)/t21?,25?,31-,36+/m0/s1. The molecule has 1 saturated heterocycles. The number of piperidine rings is 1. The number of aromatic carboxylic acids is 1. The van der Waals surface area contributed by atoms with E-state index in [1.165, 1.54) is 11.3 Å². The fourth-order valence-corrected chi connectivity index (χ4v) is 9.39. The van der Waals surface area contributed by atoms with Gasteiger partial charge in [0, 0.05) is 75.2 Å². The number of carboxylic acids is 1. The number of hydrogen-bond acceptors (Lipinski definition) is 9. The fourth-order valence-electron chi connectivity index (χ4n) is 8.07. The maximum atomic E-state index is 12.6. The lowest BCUT2D eigenvalue weighted by molar-refractivity contribution is -0.0812. The number of anilines is 1. The van der Waals surface area contributed by atoms with Crippen LogP contribution in [0.25, 0.3) is 0 Å². The normalized spacial score (nSPS) is 27.4. The minimum Gasteiger partial charge on any atom is -0.491 e. The Kier molecular flexibility index (Phi) is 9.37. The molecule has 47 heavy (non-hydrogen) atoms. The third-order valence-corrected chi connectivity index (χ3v) is 11.9. The molecule has 0 saturated carbocycles. The van der Waals surface area contributed by atoms with Crippen LogP contribution in [0.1, 0.15) is 93.4 Å². The van der Waals surface area contributed by atoms with Gasteiger partial charge in [-0.3, -0.25) is 4.90 Å². The molecular formula is C36H45ClN4O5S. The van der Waals surface area contributed by atoms with Gasteiger partial charge in [0.2, 0.25) is 0 Å². The van der Waals surface area contributed by atoms with Crippen LogP contribution < -0.4 is 10.1 Å². The van der Waals surface area contributed by atoms with Crippen molar-refractivity contribution in [3.8, 4) is 5.75 Å². The lowest BCUT2D eigenvalue weighted by atomic mass is 9.74. The van der Waals surface area contributed by atoms with E-state index in [0.29, 0.717) is 35.3 Å². The predicted octanol–water partition coefficient (Wildman–Crippen LogP) is 7.21. The summed E-state index contributed by atoms with van der Waals surface area (Å²) in [4.78, 5) is 35.0. The molecule has 2 unspecified atom stereocenters. The van der Waals surface area contributed by atoms with E-state index in [1.54, 1.807) is 12.5 Å². The van der Waals surface area contributed by atoms with Crippen LogP contribution in [0, 0.1) is 5.41 Å². The monoisotopic (exact) mass is 680 g/mol. The Bertz CT molecular complexity index is 1680. The molecule has 0 radical (unpaired) electrons. The minimum atomic E-state index is -0.945. The van der Waals surface area contributed by atoms with Gasteiger partial charge in [-0.25, -0.2) is 14.6 Å². The van der Waals surface area contributed by atoms with Crippen molar-refractivity contribution in [2.24, 2.45) is 10.4 Å². The highest BCUT2D eigenvalue weighted by molar-refractivity contribution is 7.11. The van der Waals surface area contributed by atoms with Crippen molar-refractivity contribution in [2.75, 3.05) is 38.7 Å². The van der Waals surface area contributed by atoms with Crippen LogP contribution in [0.5, 0.6) is 5.75 Å². The number of nitrogens with one attached hydrogen (secondary N) is 1. The molecule has 3 aliphatic heterocycles. The van der Waals surface area contributed by atoms with E-state index in [9.17, 15) is 14.7 Å². The summed E-state index contributed by atoms with van der Waals surface area (Å²) in [5.74, 6) is 2.74. The lowest BCUT2D eigenvalue weighted by Gasteiger charge is -2.53. The average Bonchev–Trinajstić information content (AvgIpc) is 3.45. The van der Waals surface area contributed by atoms with Gasteiger partial charge in [-0.05, 0) is 71.1 Å². The number of nitrogens with zero attached hydrogens (tertiary/aromatic N) is 3. The molecule has 6 rings (SSSR count). The first-order chi connectivity index (χ1) is 22.3. The topological polar surface area (TPSA) is 104 Å². The summed E-state index contributed by atoms with van der Waals surface area (Å²) >= 11 is 7.94. The summed E-state index contributed by atoms with van der Waals surface area (Å²) < 4.78 is 12.3. The number of carbonyl (C=O) groups is 1. The third kappa shape index (κ3) is 6.39. The number of aliphatic imine (C=N–C) groups is 1. The summed E-state index contributed by atoms with van der Waals surface area (Å²) in [5.41, 5.74) is 4.37. The molecule has 11 heteroatoms. The summed E-state index contributed by atoms with van der Waals surface area (Å²) in [6.07, 6.45) is 4.54. The van der Waals surface area contributed by atoms with Gasteiger partial charge in [0.15, 0.2) is 5.94 Å². The van der Waals surface area contributed by atoms with Crippen LogP contribution in [0.3, 0.4) is 0 Å². The molecule has 1 aromatic heterocycles. The quantitative estimate of drug-likeness (QED) is 0.282. The number of fused-ring (bicyclic) bond motifs is 1. The smallest absolute Gasteiger partial charge is 0.338 e. The minimum absolute atomic E-state index is 0.0367.